The third-order valence-electron chi connectivity index (χ3n) is 6.90. The van der Waals surface area contributed by atoms with Crippen molar-refractivity contribution in [3.05, 3.63) is 102 Å². The highest BCUT2D eigenvalue weighted by Crippen LogP contribution is 2.28. The van der Waals surface area contributed by atoms with Gasteiger partial charge in [0.15, 0.2) is 30.6 Å². The number of benzene rings is 3. The Kier molecular flexibility index (Phi) is 5.93. The van der Waals surface area contributed by atoms with Crippen LogP contribution >= 0.6 is 0 Å². The summed E-state index contributed by atoms with van der Waals surface area (Å²) >= 11 is 0. The maximum atomic E-state index is 14.2. The first-order valence-electron chi connectivity index (χ1n) is 12.3. The lowest BCUT2D eigenvalue weighted by Crippen LogP contribution is -2.33. The van der Waals surface area contributed by atoms with Gasteiger partial charge in [0.05, 0.1) is 12.2 Å². The molecule has 5 aromatic rings. The summed E-state index contributed by atoms with van der Waals surface area (Å²) in [6.45, 7) is 1.49. The molecule has 0 saturated heterocycles. The smallest absolute Gasteiger partial charge is 0.195 e. The maximum Gasteiger partial charge on any atom is 0.195 e. The fourth-order valence-corrected chi connectivity index (χ4v) is 4.54. The Bertz CT molecular complexity index is 1510. The zero-order valence-electron chi connectivity index (χ0n) is 19.8. The predicted octanol–water partition coefficient (Wildman–Crippen LogP) is 6.69. The number of halogens is 2. The van der Waals surface area contributed by atoms with Crippen LogP contribution < -0.4 is 9.30 Å². The number of nitrogens with zero attached hydrogens (tertiary/aromatic N) is 2. The van der Waals surface area contributed by atoms with Gasteiger partial charge in [-0.25, -0.2) is 13.8 Å². The number of nitrogens with one attached hydrogen (secondary N) is 1. The van der Waals surface area contributed by atoms with E-state index in [1.807, 2.05) is 35.2 Å². The molecule has 1 aliphatic rings. The van der Waals surface area contributed by atoms with Crippen molar-refractivity contribution in [2.75, 3.05) is 6.61 Å². The first kappa shape index (κ1) is 22.4. The number of fused-ring (bicyclic) bond motifs is 1. The van der Waals surface area contributed by atoms with Gasteiger partial charge in [0.1, 0.15) is 22.6 Å². The number of hydrogen-bond acceptors (Lipinski definition) is 2. The van der Waals surface area contributed by atoms with Gasteiger partial charge in [-0.3, -0.25) is 0 Å². The fourth-order valence-electron chi connectivity index (χ4n) is 4.54. The molecule has 0 spiro atoms. The average molecular weight is 483 g/mol. The molecule has 6 heteroatoms. The summed E-state index contributed by atoms with van der Waals surface area (Å²) in [4.78, 5) is 7.54. The zero-order valence-corrected chi connectivity index (χ0v) is 19.8. The minimum atomic E-state index is -0.902. The molecule has 6 rings (SSSR count). The Hall–Kier alpha value is -4.06. The van der Waals surface area contributed by atoms with Gasteiger partial charge in [-0.1, -0.05) is 48.9 Å². The lowest BCUT2D eigenvalue weighted by atomic mass is 9.86. The van der Waals surface area contributed by atoms with Crippen LogP contribution in [0.1, 0.15) is 24.8 Å². The lowest BCUT2D eigenvalue weighted by molar-refractivity contribution is -0.687. The fraction of sp³-hybridized carbons (Fsp3) is 0.200. The Morgan fingerprint density at radius 2 is 1.67 bits per heavy atom. The minimum Gasteiger partial charge on any atom is -0.493 e. The molecule has 0 bridgehead atoms. The van der Waals surface area contributed by atoms with Crippen molar-refractivity contribution in [1.82, 2.24) is 9.97 Å². The summed E-state index contributed by atoms with van der Waals surface area (Å²) in [5, 5.41) is 0. The monoisotopic (exact) mass is 482 g/mol. The van der Waals surface area contributed by atoms with Crippen LogP contribution in [0, 0.1) is 17.6 Å². The highest BCUT2D eigenvalue weighted by Gasteiger charge is 2.18. The molecular formula is C30H26F2N3O+. The van der Waals surface area contributed by atoms with E-state index >= 15 is 0 Å². The van der Waals surface area contributed by atoms with Crippen LogP contribution in [0.5, 0.6) is 5.75 Å². The standard InChI is InChI=1S/C30H25F2N3O/c31-26-6-2-5-25(29(26)32)30-33-27-15-16-35(18-28(27)34-30)17-20-7-9-22(10-8-20)23-11-13-24(14-12-23)36-19-21-3-1-4-21/h2,5-16,18,21H,1,3-4,17,19H2/p+1. The Morgan fingerprint density at radius 1 is 0.917 bits per heavy atom. The first-order valence-corrected chi connectivity index (χ1v) is 12.3. The SMILES string of the molecule is Fc1cccc(-c2nc3cc[n+](Cc4ccc(-c5ccc(OCC6CCC6)cc5)cc4)cc3[nH]2)c1F. The van der Waals surface area contributed by atoms with Crippen molar-refractivity contribution in [3.8, 4) is 28.3 Å². The minimum absolute atomic E-state index is 0.117. The van der Waals surface area contributed by atoms with E-state index in [2.05, 4.69) is 46.4 Å². The van der Waals surface area contributed by atoms with E-state index < -0.39 is 11.6 Å². The topological polar surface area (TPSA) is 41.8 Å². The van der Waals surface area contributed by atoms with Crippen LogP contribution in [0.2, 0.25) is 0 Å². The molecule has 1 fully saturated rings. The summed E-state index contributed by atoms with van der Waals surface area (Å²) in [5.74, 6) is 0.169. The van der Waals surface area contributed by atoms with Gasteiger partial charge in [0.25, 0.3) is 0 Å². The molecular weight excluding hydrogens is 456 g/mol. The van der Waals surface area contributed by atoms with E-state index in [1.165, 1.54) is 31.4 Å². The summed E-state index contributed by atoms with van der Waals surface area (Å²) in [7, 11) is 0. The second-order valence-corrected chi connectivity index (χ2v) is 9.43. The molecule has 180 valence electrons. The van der Waals surface area contributed by atoms with Gasteiger partial charge in [-0.2, -0.15) is 4.57 Å². The predicted molar refractivity (Wildman–Crippen MR) is 135 cm³/mol. The second-order valence-electron chi connectivity index (χ2n) is 9.43. The van der Waals surface area contributed by atoms with Gasteiger partial charge in [0.2, 0.25) is 0 Å². The van der Waals surface area contributed by atoms with Crippen molar-refractivity contribution < 1.29 is 18.1 Å². The summed E-state index contributed by atoms with van der Waals surface area (Å²) in [6, 6.07) is 22.7. The van der Waals surface area contributed by atoms with E-state index in [0.717, 1.165) is 46.5 Å². The van der Waals surface area contributed by atoms with Crippen molar-refractivity contribution in [2.45, 2.75) is 25.8 Å². The Labute approximate surface area is 208 Å². The van der Waals surface area contributed by atoms with Gasteiger partial charge >= 0.3 is 0 Å². The molecule has 1 saturated carbocycles. The molecule has 0 unspecified atom stereocenters. The number of aromatic nitrogens is 3. The van der Waals surface area contributed by atoms with Crippen LogP contribution in [-0.2, 0) is 6.54 Å². The van der Waals surface area contributed by atoms with Crippen LogP contribution in [0.25, 0.3) is 33.5 Å². The molecule has 0 aliphatic heterocycles. The van der Waals surface area contributed by atoms with Crippen LogP contribution in [0.3, 0.4) is 0 Å². The van der Waals surface area contributed by atoms with Crippen molar-refractivity contribution in [1.29, 1.82) is 0 Å². The van der Waals surface area contributed by atoms with E-state index in [1.54, 1.807) is 0 Å². The molecule has 0 amide bonds. The maximum absolute atomic E-state index is 14.2. The van der Waals surface area contributed by atoms with Gasteiger partial charge in [-0.15, -0.1) is 0 Å². The van der Waals surface area contributed by atoms with Crippen LogP contribution in [0.15, 0.2) is 85.2 Å². The van der Waals surface area contributed by atoms with E-state index in [-0.39, 0.29) is 5.56 Å². The largest absolute Gasteiger partial charge is 0.493 e. The number of hydrogen-bond donors (Lipinski definition) is 1. The zero-order chi connectivity index (χ0) is 24.5. The number of imidazole rings is 1. The van der Waals surface area contributed by atoms with E-state index in [0.29, 0.717) is 17.9 Å². The lowest BCUT2D eigenvalue weighted by Gasteiger charge is -2.25. The number of pyridine rings is 1. The van der Waals surface area contributed by atoms with Crippen LogP contribution in [-0.4, -0.2) is 16.6 Å². The number of H-pyrrole nitrogens is 1. The molecule has 0 atom stereocenters. The second kappa shape index (κ2) is 9.53. The van der Waals surface area contributed by atoms with Crippen molar-refractivity contribution >= 4 is 11.0 Å². The summed E-state index contributed by atoms with van der Waals surface area (Å²) in [5.41, 5.74) is 5.03. The van der Waals surface area contributed by atoms with E-state index in [9.17, 15) is 8.78 Å². The van der Waals surface area contributed by atoms with E-state index in [4.69, 9.17) is 4.74 Å². The first-order chi connectivity index (χ1) is 17.6. The Morgan fingerprint density at radius 3 is 2.39 bits per heavy atom. The summed E-state index contributed by atoms with van der Waals surface area (Å²) in [6.07, 6.45) is 7.77. The Balaban J connectivity index is 1.14. The quantitative estimate of drug-likeness (QED) is 0.263. The third-order valence-corrected chi connectivity index (χ3v) is 6.90. The molecule has 36 heavy (non-hydrogen) atoms. The molecule has 0 radical (unpaired) electrons. The number of aromatic amines is 1. The van der Waals surface area contributed by atoms with Crippen LogP contribution in [0.4, 0.5) is 8.78 Å². The summed E-state index contributed by atoms with van der Waals surface area (Å²) < 4.78 is 35.8. The molecule has 2 aromatic heterocycles. The van der Waals surface area contributed by atoms with Gasteiger partial charge in [-0.05, 0) is 54.2 Å². The average Bonchev–Trinajstić information content (AvgIpc) is 3.29. The molecule has 1 N–H and O–H groups in total. The highest BCUT2D eigenvalue weighted by atomic mass is 19.2. The number of rotatable bonds is 7. The molecule has 4 nitrogen and oxygen atoms in total. The van der Waals surface area contributed by atoms with Gasteiger partial charge in [0, 0.05) is 11.6 Å². The highest BCUT2D eigenvalue weighted by molar-refractivity contribution is 5.77. The molecule has 3 aromatic carbocycles. The third kappa shape index (κ3) is 4.59. The number of ether oxygens (including phenoxy) is 1. The van der Waals surface area contributed by atoms with Crippen molar-refractivity contribution in [2.24, 2.45) is 5.92 Å². The normalized spacial score (nSPS) is 13.6. The van der Waals surface area contributed by atoms with Crippen molar-refractivity contribution in [3.63, 3.8) is 0 Å². The van der Waals surface area contributed by atoms with Gasteiger partial charge < -0.3 is 9.72 Å². The molecule has 2 heterocycles. The molecule has 1 aliphatic carbocycles.